The Balaban J connectivity index is 1.83. The molecule has 0 radical (unpaired) electrons. The maximum Gasteiger partial charge on any atom is 0.114 e. The zero-order chi connectivity index (χ0) is 13.2. The molecule has 0 N–H and O–H groups in total. The third-order valence-corrected chi connectivity index (χ3v) is 4.27. The summed E-state index contributed by atoms with van der Waals surface area (Å²) in [5.74, 6) is 1.20. The number of aromatic nitrogens is 2. The van der Waals surface area contributed by atoms with Crippen molar-refractivity contribution >= 4 is 5.52 Å². The Morgan fingerprint density at radius 2 is 2.21 bits per heavy atom. The number of piperidine rings is 1. The number of pyridine rings is 1. The Morgan fingerprint density at radius 1 is 1.32 bits per heavy atom. The van der Waals surface area contributed by atoms with Gasteiger partial charge in [-0.3, -0.25) is 4.90 Å². The molecule has 0 aromatic carbocycles. The highest BCUT2D eigenvalue weighted by molar-refractivity contribution is 5.45. The highest BCUT2D eigenvalue weighted by Crippen LogP contribution is 2.22. The minimum absolute atomic E-state index is 0.636. The van der Waals surface area contributed by atoms with Crippen molar-refractivity contribution < 1.29 is 0 Å². The largest absolute Gasteiger partial charge is 0.304 e. The molecule has 3 heterocycles. The highest BCUT2D eigenvalue weighted by atomic mass is 15.2. The molecule has 3 rings (SSSR count). The van der Waals surface area contributed by atoms with Gasteiger partial charge in [0.2, 0.25) is 0 Å². The van der Waals surface area contributed by atoms with Crippen molar-refractivity contribution in [1.29, 1.82) is 0 Å². The van der Waals surface area contributed by atoms with Gasteiger partial charge in [-0.25, -0.2) is 4.98 Å². The number of fused-ring (bicyclic) bond motifs is 1. The van der Waals surface area contributed by atoms with E-state index in [0.29, 0.717) is 12.1 Å². The van der Waals surface area contributed by atoms with Crippen molar-refractivity contribution in [2.24, 2.45) is 0 Å². The lowest BCUT2D eigenvalue weighted by Crippen LogP contribution is -2.45. The van der Waals surface area contributed by atoms with Crippen LogP contribution in [0.15, 0.2) is 30.6 Å². The van der Waals surface area contributed by atoms with Crippen molar-refractivity contribution in [1.82, 2.24) is 14.3 Å². The van der Waals surface area contributed by atoms with Crippen molar-refractivity contribution in [3.05, 3.63) is 36.4 Å². The number of imidazole rings is 1. The molecule has 0 amide bonds. The lowest BCUT2D eigenvalue weighted by molar-refractivity contribution is 0.110. The summed E-state index contributed by atoms with van der Waals surface area (Å²) in [6, 6.07) is 7.56. The van der Waals surface area contributed by atoms with Gasteiger partial charge in [0.1, 0.15) is 5.82 Å². The molecule has 102 valence electrons. The summed E-state index contributed by atoms with van der Waals surface area (Å²) in [6.45, 7) is 5.86. The van der Waals surface area contributed by atoms with Gasteiger partial charge in [-0.2, -0.15) is 0 Å². The molecule has 0 saturated carbocycles. The second-order valence-electron chi connectivity index (χ2n) is 5.86. The van der Waals surface area contributed by atoms with Gasteiger partial charge in [-0.1, -0.05) is 12.5 Å². The van der Waals surface area contributed by atoms with Crippen LogP contribution in [-0.2, 0) is 6.42 Å². The molecule has 2 aromatic heterocycles. The fraction of sp³-hybridized carbons (Fsp3) is 0.562. The summed E-state index contributed by atoms with van der Waals surface area (Å²) in [5.41, 5.74) is 1.20. The Hall–Kier alpha value is -1.35. The molecule has 1 aliphatic heterocycles. The molecular weight excluding hydrogens is 234 g/mol. The summed E-state index contributed by atoms with van der Waals surface area (Å²) in [7, 11) is 0. The molecule has 1 saturated heterocycles. The zero-order valence-corrected chi connectivity index (χ0v) is 11.9. The van der Waals surface area contributed by atoms with E-state index >= 15 is 0 Å². The maximum atomic E-state index is 4.62. The fourth-order valence-corrected chi connectivity index (χ4v) is 3.28. The van der Waals surface area contributed by atoms with E-state index in [2.05, 4.69) is 52.5 Å². The third-order valence-electron chi connectivity index (χ3n) is 4.27. The number of hydrogen-bond acceptors (Lipinski definition) is 2. The smallest absolute Gasteiger partial charge is 0.114 e. The molecule has 1 atom stereocenters. The molecule has 1 unspecified atom stereocenters. The van der Waals surface area contributed by atoms with E-state index in [0.717, 1.165) is 6.42 Å². The average Bonchev–Trinajstić information content (AvgIpc) is 2.83. The van der Waals surface area contributed by atoms with Crippen LogP contribution in [0.2, 0.25) is 0 Å². The van der Waals surface area contributed by atoms with Gasteiger partial charge in [0, 0.05) is 24.7 Å². The lowest BCUT2D eigenvalue weighted by atomic mass is 9.97. The first kappa shape index (κ1) is 12.7. The molecule has 1 aliphatic rings. The van der Waals surface area contributed by atoms with Gasteiger partial charge >= 0.3 is 0 Å². The minimum atomic E-state index is 0.636. The standard InChI is InChI=1S/C16H23N3/c1-13(2)18-9-5-3-7-14(18)11-16-17-12-15-8-4-6-10-19(15)16/h4,6,8,10,12-14H,3,5,7,9,11H2,1-2H3. The van der Waals surface area contributed by atoms with Crippen molar-refractivity contribution in [2.45, 2.75) is 51.6 Å². The predicted octanol–water partition coefficient (Wildman–Crippen LogP) is 3.14. The summed E-state index contributed by atoms with van der Waals surface area (Å²) in [4.78, 5) is 7.27. The van der Waals surface area contributed by atoms with Gasteiger partial charge in [0.15, 0.2) is 0 Å². The average molecular weight is 257 g/mol. The van der Waals surface area contributed by atoms with Gasteiger partial charge in [-0.05, 0) is 45.4 Å². The second kappa shape index (κ2) is 5.33. The van der Waals surface area contributed by atoms with Crippen LogP contribution in [0.4, 0.5) is 0 Å². The SMILES string of the molecule is CC(C)N1CCCCC1Cc1ncc2ccccn12. The Labute approximate surface area is 115 Å². The van der Waals surface area contributed by atoms with Gasteiger partial charge in [-0.15, -0.1) is 0 Å². The molecule has 1 fully saturated rings. The summed E-state index contributed by atoms with van der Waals surface area (Å²) in [6.07, 6.45) is 9.18. The lowest BCUT2D eigenvalue weighted by Gasteiger charge is -2.38. The van der Waals surface area contributed by atoms with Gasteiger partial charge in [0.25, 0.3) is 0 Å². The van der Waals surface area contributed by atoms with E-state index in [4.69, 9.17) is 0 Å². The molecule has 0 spiro atoms. The van der Waals surface area contributed by atoms with Crippen LogP contribution in [-0.4, -0.2) is 32.9 Å². The van der Waals surface area contributed by atoms with E-state index in [1.165, 1.54) is 37.1 Å². The molecule has 3 nitrogen and oxygen atoms in total. The van der Waals surface area contributed by atoms with E-state index in [1.54, 1.807) is 0 Å². The normalized spacial score (nSPS) is 21.3. The van der Waals surface area contributed by atoms with E-state index in [1.807, 2.05) is 6.20 Å². The first-order valence-corrected chi connectivity index (χ1v) is 7.42. The maximum absolute atomic E-state index is 4.62. The van der Waals surface area contributed by atoms with E-state index in [-0.39, 0.29) is 0 Å². The third kappa shape index (κ3) is 2.52. The summed E-state index contributed by atoms with van der Waals surface area (Å²) >= 11 is 0. The van der Waals surface area contributed by atoms with Crippen LogP contribution >= 0.6 is 0 Å². The van der Waals surface area contributed by atoms with Crippen molar-refractivity contribution in [3.8, 4) is 0 Å². The van der Waals surface area contributed by atoms with Gasteiger partial charge in [0.05, 0.1) is 11.7 Å². The van der Waals surface area contributed by atoms with Crippen molar-refractivity contribution in [3.63, 3.8) is 0 Å². The topological polar surface area (TPSA) is 20.5 Å². The zero-order valence-electron chi connectivity index (χ0n) is 11.9. The molecule has 0 bridgehead atoms. The summed E-state index contributed by atoms with van der Waals surface area (Å²) < 4.78 is 2.23. The second-order valence-corrected chi connectivity index (χ2v) is 5.86. The first-order valence-electron chi connectivity index (χ1n) is 7.42. The molecular formula is C16H23N3. The highest BCUT2D eigenvalue weighted by Gasteiger charge is 2.25. The van der Waals surface area contributed by atoms with Crippen LogP contribution in [0.25, 0.3) is 5.52 Å². The van der Waals surface area contributed by atoms with Gasteiger partial charge < -0.3 is 4.40 Å². The van der Waals surface area contributed by atoms with Crippen LogP contribution in [0, 0.1) is 0 Å². The molecule has 19 heavy (non-hydrogen) atoms. The number of nitrogens with zero attached hydrogens (tertiary/aromatic N) is 3. The minimum Gasteiger partial charge on any atom is -0.304 e. The van der Waals surface area contributed by atoms with Crippen LogP contribution in [0.5, 0.6) is 0 Å². The quantitative estimate of drug-likeness (QED) is 0.842. The Morgan fingerprint density at radius 3 is 3.05 bits per heavy atom. The number of hydrogen-bond donors (Lipinski definition) is 0. The van der Waals surface area contributed by atoms with Crippen LogP contribution < -0.4 is 0 Å². The van der Waals surface area contributed by atoms with Crippen molar-refractivity contribution in [2.75, 3.05) is 6.54 Å². The molecule has 0 aliphatic carbocycles. The molecule has 2 aromatic rings. The summed E-state index contributed by atoms with van der Waals surface area (Å²) in [5, 5.41) is 0. The van der Waals surface area contributed by atoms with Crippen LogP contribution in [0.1, 0.15) is 38.9 Å². The monoisotopic (exact) mass is 257 g/mol. The first-order chi connectivity index (χ1) is 9.25. The Bertz CT molecular complexity index is 544. The van der Waals surface area contributed by atoms with E-state index in [9.17, 15) is 0 Å². The van der Waals surface area contributed by atoms with E-state index < -0.39 is 0 Å². The predicted molar refractivity (Wildman–Crippen MR) is 78.4 cm³/mol. The molecule has 3 heteroatoms. The Kier molecular flexibility index (Phi) is 3.56. The number of rotatable bonds is 3. The fourth-order valence-electron chi connectivity index (χ4n) is 3.28. The van der Waals surface area contributed by atoms with Crippen LogP contribution in [0.3, 0.4) is 0 Å². The number of likely N-dealkylation sites (tertiary alicyclic amines) is 1.